The van der Waals surface area contributed by atoms with Gasteiger partial charge in [-0.1, -0.05) is 18.2 Å². The third-order valence-electron chi connectivity index (χ3n) is 4.36. The average molecular weight is 356 g/mol. The molecule has 3 rings (SSSR count). The van der Waals surface area contributed by atoms with Crippen molar-refractivity contribution in [3.05, 3.63) is 52.2 Å². The SMILES string of the molecule is CC(=O)c1ccc(C(=O)N2CCC(C(=O)Nc3ccccc3)CC2)s1. The number of anilines is 1. The second kappa shape index (κ2) is 7.61. The zero-order valence-corrected chi connectivity index (χ0v) is 14.8. The van der Waals surface area contributed by atoms with Crippen molar-refractivity contribution in [3.63, 3.8) is 0 Å². The maximum Gasteiger partial charge on any atom is 0.263 e. The van der Waals surface area contributed by atoms with Crippen molar-refractivity contribution in [3.8, 4) is 0 Å². The molecule has 1 N–H and O–H groups in total. The summed E-state index contributed by atoms with van der Waals surface area (Å²) in [7, 11) is 0. The van der Waals surface area contributed by atoms with Crippen molar-refractivity contribution in [2.24, 2.45) is 5.92 Å². The number of carbonyl (C=O) groups is 3. The van der Waals surface area contributed by atoms with Gasteiger partial charge in [0.25, 0.3) is 5.91 Å². The minimum Gasteiger partial charge on any atom is -0.338 e. The van der Waals surface area contributed by atoms with E-state index in [1.54, 1.807) is 17.0 Å². The molecule has 1 aliphatic rings. The van der Waals surface area contributed by atoms with Crippen molar-refractivity contribution >= 4 is 34.6 Å². The van der Waals surface area contributed by atoms with E-state index in [1.165, 1.54) is 18.3 Å². The lowest BCUT2D eigenvalue weighted by Crippen LogP contribution is -2.41. The summed E-state index contributed by atoms with van der Waals surface area (Å²) < 4.78 is 0. The summed E-state index contributed by atoms with van der Waals surface area (Å²) >= 11 is 1.23. The molecule has 25 heavy (non-hydrogen) atoms. The summed E-state index contributed by atoms with van der Waals surface area (Å²) in [6.07, 6.45) is 1.30. The monoisotopic (exact) mass is 356 g/mol. The van der Waals surface area contributed by atoms with Gasteiger partial charge in [0.2, 0.25) is 5.91 Å². The Kier molecular flexibility index (Phi) is 5.28. The average Bonchev–Trinajstić information content (AvgIpc) is 3.12. The molecule has 2 amide bonds. The third kappa shape index (κ3) is 4.14. The van der Waals surface area contributed by atoms with Crippen LogP contribution in [0.4, 0.5) is 5.69 Å². The molecule has 0 bridgehead atoms. The molecule has 0 radical (unpaired) electrons. The van der Waals surface area contributed by atoms with Crippen molar-refractivity contribution in [1.82, 2.24) is 4.90 Å². The van der Waals surface area contributed by atoms with E-state index in [0.717, 1.165) is 5.69 Å². The fraction of sp³-hybridized carbons (Fsp3) is 0.316. The van der Waals surface area contributed by atoms with Gasteiger partial charge in [-0.15, -0.1) is 11.3 Å². The molecule has 1 aromatic heterocycles. The number of hydrogen-bond acceptors (Lipinski definition) is 4. The Morgan fingerprint density at radius 2 is 1.64 bits per heavy atom. The molecule has 1 saturated heterocycles. The lowest BCUT2D eigenvalue weighted by atomic mass is 9.95. The fourth-order valence-electron chi connectivity index (χ4n) is 2.91. The predicted octanol–water partition coefficient (Wildman–Crippen LogP) is 3.44. The van der Waals surface area contributed by atoms with Gasteiger partial charge in [-0.25, -0.2) is 0 Å². The van der Waals surface area contributed by atoms with E-state index >= 15 is 0 Å². The molecule has 1 aliphatic heterocycles. The van der Waals surface area contributed by atoms with Crippen LogP contribution in [-0.4, -0.2) is 35.6 Å². The number of nitrogens with zero attached hydrogens (tertiary/aromatic N) is 1. The number of para-hydroxylation sites is 1. The zero-order valence-electron chi connectivity index (χ0n) is 14.0. The first-order valence-electron chi connectivity index (χ1n) is 8.30. The lowest BCUT2D eigenvalue weighted by molar-refractivity contribution is -0.121. The van der Waals surface area contributed by atoms with Crippen LogP contribution >= 0.6 is 11.3 Å². The van der Waals surface area contributed by atoms with E-state index in [0.29, 0.717) is 35.7 Å². The standard InChI is InChI=1S/C19H20N2O3S/c1-13(22)16-7-8-17(25-16)19(24)21-11-9-14(10-12-21)18(23)20-15-5-3-2-4-6-15/h2-8,14H,9-12H2,1H3,(H,20,23). The Morgan fingerprint density at radius 1 is 1.00 bits per heavy atom. The first kappa shape index (κ1) is 17.4. The highest BCUT2D eigenvalue weighted by Crippen LogP contribution is 2.24. The van der Waals surface area contributed by atoms with Gasteiger partial charge in [0.15, 0.2) is 5.78 Å². The number of benzene rings is 1. The highest BCUT2D eigenvalue weighted by atomic mass is 32.1. The molecule has 2 aromatic rings. The Labute approximate surface area is 150 Å². The van der Waals surface area contributed by atoms with Crippen LogP contribution in [0.3, 0.4) is 0 Å². The summed E-state index contributed by atoms with van der Waals surface area (Å²) in [6, 6.07) is 12.8. The summed E-state index contributed by atoms with van der Waals surface area (Å²) in [5.41, 5.74) is 0.793. The third-order valence-corrected chi connectivity index (χ3v) is 5.53. The number of likely N-dealkylation sites (tertiary alicyclic amines) is 1. The molecule has 0 saturated carbocycles. The van der Waals surface area contributed by atoms with Crippen LogP contribution in [0.15, 0.2) is 42.5 Å². The first-order valence-corrected chi connectivity index (χ1v) is 9.12. The molecular weight excluding hydrogens is 336 g/mol. The molecular formula is C19H20N2O3S. The predicted molar refractivity (Wildman–Crippen MR) is 98.0 cm³/mol. The summed E-state index contributed by atoms with van der Waals surface area (Å²) in [6.45, 7) is 2.61. The molecule has 130 valence electrons. The van der Waals surface area contributed by atoms with Gasteiger partial charge in [-0.05, 0) is 44.0 Å². The van der Waals surface area contributed by atoms with Gasteiger partial charge >= 0.3 is 0 Å². The van der Waals surface area contributed by atoms with Crippen molar-refractivity contribution in [2.45, 2.75) is 19.8 Å². The molecule has 6 heteroatoms. The first-order chi connectivity index (χ1) is 12.0. The van der Waals surface area contributed by atoms with E-state index in [9.17, 15) is 14.4 Å². The fourth-order valence-corrected chi connectivity index (χ4v) is 3.78. The van der Waals surface area contributed by atoms with Crippen LogP contribution in [0.25, 0.3) is 0 Å². The van der Waals surface area contributed by atoms with E-state index in [4.69, 9.17) is 0 Å². The maximum atomic E-state index is 12.5. The van der Waals surface area contributed by atoms with E-state index in [2.05, 4.69) is 5.32 Å². The number of rotatable bonds is 4. The van der Waals surface area contributed by atoms with Crippen LogP contribution in [-0.2, 0) is 4.79 Å². The number of thiophene rings is 1. The molecule has 1 aromatic carbocycles. The Bertz CT molecular complexity index is 777. The second-order valence-electron chi connectivity index (χ2n) is 6.14. The van der Waals surface area contributed by atoms with Gasteiger partial charge in [-0.2, -0.15) is 0 Å². The molecule has 0 spiro atoms. The van der Waals surface area contributed by atoms with Crippen LogP contribution in [0, 0.1) is 5.92 Å². The van der Waals surface area contributed by atoms with Crippen molar-refractivity contribution < 1.29 is 14.4 Å². The van der Waals surface area contributed by atoms with Crippen LogP contribution in [0.2, 0.25) is 0 Å². The van der Waals surface area contributed by atoms with E-state index in [1.807, 2.05) is 30.3 Å². The smallest absolute Gasteiger partial charge is 0.263 e. The quantitative estimate of drug-likeness (QED) is 0.854. The number of carbonyl (C=O) groups excluding carboxylic acids is 3. The molecule has 1 fully saturated rings. The lowest BCUT2D eigenvalue weighted by Gasteiger charge is -2.31. The van der Waals surface area contributed by atoms with Gasteiger partial charge in [0, 0.05) is 24.7 Å². The molecule has 5 nitrogen and oxygen atoms in total. The molecule has 0 unspecified atom stereocenters. The summed E-state index contributed by atoms with van der Waals surface area (Å²) in [5, 5.41) is 2.93. The summed E-state index contributed by atoms with van der Waals surface area (Å²) in [5.74, 6) is -0.159. The van der Waals surface area contributed by atoms with Gasteiger partial charge in [-0.3, -0.25) is 14.4 Å². The van der Waals surface area contributed by atoms with E-state index in [-0.39, 0.29) is 23.5 Å². The van der Waals surface area contributed by atoms with Crippen molar-refractivity contribution in [2.75, 3.05) is 18.4 Å². The van der Waals surface area contributed by atoms with Gasteiger partial charge in [0.1, 0.15) is 0 Å². The zero-order chi connectivity index (χ0) is 17.8. The number of Topliss-reactive ketones (excluding diaryl/α,β-unsaturated/α-hetero) is 1. The van der Waals surface area contributed by atoms with Crippen LogP contribution in [0.1, 0.15) is 39.1 Å². The number of piperidine rings is 1. The van der Waals surface area contributed by atoms with Gasteiger partial charge < -0.3 is 10.2 Å². The number of hydrogen-bond donors (Lipinski definition) is 1. The number of amides is 2. The Hall–Kier alpha value is -2.47. The minimum absolute atomic E-state index is 0.00767. The van der Waals surface area contributed by atoms with Crippen molar-refractivity contribution in [1.29, 1.82) is 0 Å². The molecule has 0 aliphatic carbocycles. The largest absolute Gasteiger partial charge is 0.338 e. The Balaban J connectivity index is 1.55. The normalized spacial score (nSPS) is 15.0. The minimum atomic E-state index is -0.0830. The van der Waals surface area contributed by atoms with Crippen LogP contribution < -0.4 is 5.32 Å². The van der Waals surface area contributed by atoms with Gasteiger partial charge in [0.05, 0.1) is 9.75 Å². The Morgan fingerprint density at radius 3 is 2.24 bits per heavy atom. The molecule has 2 heterocycles. The second-order valence-corrected chi connectivity index (χ2v) is 7.23. The topological polar surface area (TPSA) is 66.5 Å². The molecule has 0 atom stereocenters. The summed E-state index contributed by atoms with van der Waals surface area (Å²) in [4.78, 5) is 39.2. The van der Waals surface area contributed by atoms with Crippen LogP contribution in [0.5, 0.6) is 0 Å². The van der Waals surface area contributed by atoms with E-state index < -0.39 is 0 Å². The number of ketones is 1. The highest BCUT2D eigenvalue weighted by Gasteiger charge is 2.28. The number of nitrogens with one attached hydrogen (secondary N) is 1. The maximum absolute atomic E-state index is 12.5. The highest BCUT2D eigenvalue weighted by molar-refractivity contribution is 7.15.